The molecule has 0 aliphatic carbocycles. The molecule has 112 valence electrons. The summed E-state index contributed by atoms with van der Waals surface area (Å²) in [5.74, 6) is 0.178. The quantitative estimate of drug-likeness (QED) is 0.882. The molecule has 0 unspecified atom stereocenters. The highest BCUT2D eigenvalue weighted by molar-refractivity contribution is 5.35. The summed E-state index contributed by atoms with van der Waals surface area (Å²) in [5, 5.41) is 3.00. The minimum Gasteiger partial charge on any atom is -0.434 e. The van der Waals surface area contributed by atoms with Gasteiger partial charge in [-0.2, -0.15) is 9.37 Å². The molecule has 2 heterocycles. The van der Waals surface area contributed by atoms with Crippen LogP contribution in [0.3, 0.4) is 0 Å². The lowest BCUT2D eigenvalue weighted by Crippen LogP contribution is -2.06. The highest BCUT2D eigenvalue weighted by atomic mass is 19.1. The number of aryl methyl sites for hydroxylation is 2. The van der Waals surface area contributed by atoms with Gasteiger partial charge < -0.3 is 10.1 Å². The Bertz CT molecular complexity index is 619. The van der Waals surface area contributed by atoms with E-state index in [2.05, 4.69) is 20.3 Å². The van der Waals surface area contributed by atoms with E-state index in [4.69, 9.17) is 4.74 Å². The molecule has 2 aromatic rings. The van der Waals surface area contributed by atoms with Gasteiger partial charge in [0.25, 0.3) is 5.88 Å². The Hall–Kier alpha value is -2.24. The molecule has 0 saturated carbocycles. The van der Waals surface area contributed by atoms with Crippen LogP contribution >= 0.6 is 0 Å². The number of nitrogens with one attached hydrogen (secondary N) is 1. The lowest BCUT2D eigenvalue weighted by molar-refractivity contribution is 0.414. The molecular formula is C15H19FN4O. The Balaban J connectivity index is 2.26. The first-order chi connectivity index (χ1) is 10.1. The van der Waals surface area contributed by atoms with Gasteiger partial charge in [0.1, 0.15) is 0 Å². The summed E-state index contributed by atoms with van der Waals surface area (Å²) in [7, 11) is 0. The first-order valence-corrected chi connectivity index (χ1v) is 7.04. The predicted octanol–water partition coefficient (Wildman–Crippen LogP) is 3.50. The van der Waals surface area contributed by atoms with E-state index in [0.29, 0.717) is 18.1 Å². The van der Waals surface area contributed by atoms with Crippen molar-refractivity contribution >= 4 is 5.95 Å². The number of hydrogen-bond acceptors (Lipinski definition) is 5. The van der Waals surface area contributed by atoms with Gasteiger partial charge in [-0.3, -0.25) is 4.98 Å². The summed E-state index contributed by atoms with van der Waals surface area (Å²) < 4.78 is 19.4. The first-order valence-electron chi connectivity index (χ1n) is 7.04. The molecule has 0 atom stereocenters. The van der Waals surface area contributed by atoms with E-state index in [-0.39, 0.29) is 5.88 Å². The van der Waals surface area contributed by atoms with E-state index >= 15 is 0 Å². The van der Waals surface area contributed by atoms with Gasteiger partial charge >= 0.3 is 0 Å². The Morgan fingerprint density at radius 1 is 1.24 bits per heavy atom. The fourth-order valence-electron chi connectivity index (χ4n) is 1.79. The molecular weight excluding hydrogens is 271 g/mol. The van der Waals surface area contributed by atoms with Gasteiger partial charge in [0.05, 0.1) is 11.9 Å². The molecule has 6 heteroatoms. The Morgan fingerprint density at radius 3 is 2.76 bits per heavy atom. The largest absolute Gasteiger partial charge is 0.434 e. The average molecular weight is 290 g/mol. The zero-order valence-corrected chi connectivity index (χ0v) is 12.5. The molecule has 0 fully saturated rings. The Labute approximate surface area is 123 Å². The highest BCUT2D eigenvalue weighted by Gasteiger charge is 2.12. The number of halogens is 1. The molecule has 0 saturated heterocycles. The van der Waals surface area contributed by atoms with Gasteiger partial charge in [0.2, 0.25) is 11.8 Å². The predicted molar refractivity (Wildman–Crippen MR) is 79.2 cm³/mol. The zero-order chi connectivity index (χ0) is 15.2. The highest BCUT2D eigenvalue weighted by Crippen LogP contribution is 2.26. The van der Waals surface area contributed by atoms with Gasteiger partial charge in [-0.25, -0.2) is 4.98 Å². The van der Waals surface area contributed by atoms with Gasteiger partial charge in [0, 0.05) is 12.2 Å². The maximum Gasteiger partial charge on any atom is 0.260 e. The second-order valence-electron chi connectivity index (χ2n) is 4.63. The van der Waals surface area contributed by atoms with Crippen LogP contribution < -0.4 is 10.1 Å². The van der Waals surface area contributed by atoms with E-state index < -0.39 is 5.82 Å². The molecule has 0 radical (unpaired) electrons. The number of rotatable bonds is 6. The number of nitrogens with zero attached hydrogens (tertiary/aromatic N) is 3. The van der Waals surface area contributed by atoms with Crippen molar-refractivity contribution in [1.29, 1.82) is 0 Å². The van der Waals surface area contributed by atoms with Crippen molar-refractivity contribution in [3.05, 3.63) is 35.5 Å². The zero-order valence-electron chi connectivity index (χ0n) is 12.5. The maximum absolute atomic E-state index is 13.8. The minimum atomic E-state index is -0.598. The fourth-order valence-corrected chi connectivity index (χ4v) is 1.79. The lowest BCUT2D eigenvalue weighted by atomic mass is 10.2. The van der Waals surface area contributed by atoms with Crippen LogP contribution in [0.4, 0.5) is 10.3 Å². The van der Waals surface area contributed by atoms with Crippen LogP contribution in [0.15, 0.2) is 18.3 Å². The van der Waals surface area contributed by atoms with Gasteiger partial charge in [0.15, 0.2) is 5.75 Å². The Kier molecular flexibility index (Phi) is 5.03. The monoisotopic (exact) mass is 290 g/mol. The van der Waals surface area contributed by atoms with Crippen molar-refractivity contribution in [2.24, 2.45) is 0 Å². The van der Waals surface area contributed by atoms with E-state index in [1.54, 1.807) is 6.07 Å². The maximum atomic E-state index is 13.8. The summed E-state index contributed by atoms with van der Waals surface area (Å²) in [6.07, 6.45) is 2.73. The van der Waals surface area contributed by atoms with Crippen molar-refractivity contribution in [2.75, 3.05) is 11.9 Å². The van der Waals surface area contributed by atoms with E-state index in [1.165, 1.54) is 0 Å². The molecule has 0 aliphatic rings. The fraction of sp³-hybridized carbons (Fsp3) is 0.400. The van der Waals surface area contributed by atoms with E-state index in [9.17, 15) is 4.39 Å². The minimum absolute atomic E-state index is 0.0936. The van der Waals surface area contributed by atoms with Crippen molar-refractivity contribution in [1.82, 2.24) is 15.0 Å². The number of ether oxygens (including phenoxy) is 1. The third kappa shape index (κ3) is 3.87. The van der Waals surface area contributed by atoms with Gasteiger partial charge in [-0.15, -0.1) is 0 Å². The van der Waals surface area contributed by atoms with Crippen molar-refractivity contribution in [3.63, 3.8) is 0 Å². The summed E-state index contributed by atoms with van der Waals surface area (Å²) in [5.41, 5.74) is 1.67. The van der Waals surface area contributed by atoms with E-state index in [1.807, 2.05) is 26.8 Å². The number of pyridine rings is 1. The van der Waals surface area contributed by atoms with Crippen molar-refractivity contribution < 1.29 is 9.13 Å². The number of hydrogen-bond donors (Lipinski definition) is 1. The SMILES string of the molecule is CCCNc1ncc(F)c(Oc2ccc(C)nc2CC)n1. The molecule has 1 N–H and O–H groups in total. The number of anilines is 1. The van der Waals surface area contributed by atoms with Crippen molar-refractivity contribution in [2.45, 2.75) is 33.6 Å². The second kappa shape index (κ2) is 6.97. The second-order valence-corrected chi connectivity index (χ2v) is 4.63. The summed E-state index contributed by atoms with van der Waals surface area (Å²) in [6.45, 7) is 6.62. The molecule has 0 aliphatic heterocycles. The van der Waals surface area contributed by atoms with Crippen LogP contribution in [-0.4, -0.2) is 21.5 Å². The lowest BCUT2D eigenvalue weighted by Gasteiger charge is -2.11. The third-order valence-corrected chi connectivity index (χ3v) is 2.86. The number of aromatic nitrogens is 3. The standard InChI is InChI=1S/C15H19FN4O/c1-4-8-17-15-18-9-11(16)14(20-15)21-13-7-6-10(3)19-12(13)5-2/h6-7,9H,4-5,8H2,1-3H3,(H,17,18,20). The van der Waals surface area contributed by atoms with E-state index in [0.717, 1.165) is 30.6 Å². The van der Waals surface area contributed by atoms with Crippen LogP contribution in [0.25, 0.3) is 0 Å². The molecule has 2 aromatic heterocycles. The summed E-state index contributed by atoms with van der Waals surface area (Å²) in [4.78, 5) is 12.3. The molecule has 0 spiro atoms. The summed E-state index contributed by atoms with van der Waals surface area (Å²) >= 11 is 0. The van der Waals surface area contributed by atoms with Crippen LogP contribution in [0.2, 0.25) is 0 Å². The molecule has 0 bridgehead atoms. The molecule has 0 aromatic carbocycles. The van der Waals surface area contributed by atoms with Crippen LogP contribution in [0, 0.1) is 12.7 Å². The van der Waals surface area contributed by atoms with Crippen LogP contribution in [-0.2, 0) is 6.42 Å². The topological polar surface area (TPSA) is 59.9 Å². The van der Waals surface area contributed by atoms with Crippen molar-refractivity contribution in [3.8, 4) is 11.6 Å². The average Bonchev–Trinajstić information content (AvgIpc) is 2.49. The van der Waals surface area contributed by atoms with Crippen LogP contribution in [0.5, 0.6) is 11.6 Å². The molecule has 5 nitrogen and oxygen atoms in total. The van der Waals surface area contributed by atoms with Gasteiger partial charge in [-0.1, -0.05) is 13.8 Å². The normalized spacial score (nSPS) is 10.5. The van der Waals surface area contributed by atoms with Gasteiger partial charge in [-0.05, 0) is 31.9 Å². The van der Waals surface area contributed by atoms with Crippen LogP contribution in [0.1, 0.15) is 31.7 Å². The molecule has 2 rings (SSSR count). The Morgan fingerprint density at radius 2 is 2.05 bits per heavy atom. The summed E-state index contributed by atoms with van der Waals surface area (Å²) in [6, 6.07) is 3.60. The molecule has 21 heavy (non-hydrogen) atoms. The molecule has 0 amide bonds. The first kappa shape index (κ1) is 15.2. The smallest absolute Gasteiger partial charge is 0.260 e. The third-order valence-electron chi connectivity index (χ3n) is 2.86.